The lowest BCUT2D eigenvalue weighted by molar-refractivity contribution is -0.129. The summed E-state index contributed by atoms with van der Waals surface area (Å²) in [4.78, 5) is 18.1. The van der Waals surface area contributed by atoms with Crippen molar-refractivity contribution in [2.45, 2.75) is 27.0 Å². The van der Waals surface area contributed by atoms with Crippen LogP contribution in [0.2, 0.25) is 0 Å². The van der Waals surface area contributed by atoms with Crippen LogP contribution in [-0.4, -0.2) is 35.9 Å². The Balaban J connectivity index is 1.61. The molecular formula is C21H24N4O2. The third kappa shape index (κ3) is 4.44. The number of nitrogens with zero attached hydrogens (tertiary/aromatic N) is 3. The van der Waals surface area contributed by atoms with E-state index in [1.807, 2.05) is 6.92 Å². The first kappa shape index (κ1) is 18.9. The fourth-order valence-corrected chi connectivity index (χ4v) is 3.26. The summed E-state index contributed by atoms with van der Waals surface area (Å²) in [6.07, 6.45) is 1.62. The maximum atomic E-state index is 11.6. The third-order valence-electron chi connectivity index (χ3n) is 4.92. The van der Waals surface area contributed by atoms with Crippen LogP contribution in [0.3, 0.4) is 0 Å². The zero-order valence-corrected chi connectivity index (χ0v) is 16.0. The van der Waals surface area contributed by atoms with Gasteiger partial charge in [0.25, 0.3) is 0 Å². The monoisotopic (exact) mass is 364 g/mol. The van der Waals surface area contributed by atoms with Crippen molar-refractivity contribution in [2.75, 3.05) is 20.1 Å². The molecule has 0 unspecified atom stereocenters. The minimum Gasteiger partial charge on any atom is -0.487 e. The second kappa shape index (κ2) is 8.19. The molecule has 3 rings (SSSR count). The highest BCUT2D eigenvalue weighted by Gasteiger charge is 2.31. The van der Waals surface area contributed by atoms with Crippen molar-refractivity contribution in [3.63, 3.8) is 0 Å². The van der Waals surface area contributed by atoms with Crippen LogP contribution in [0.1, 0.15) is 27.9 Å². The molecule has 0 aliphatic carbocycles. The molecule has 0 bridgehead atoms. The number of hydrogen-bond acceptors (Lipinski definition) is 5. The third-order valence-corrected chi connectivity index (χ3v) is 4.92. The minimum atomic E-state index is 0.107. The van der Waals surface area contributed by atoms with Gasteiger partial charge in [0.05, 0.1) is 23.2 Å². The summed E-state index contributed by atoms with van der Waals surface area (Å²) in [5.41, 5.74) is 4.79. The first-order valence-electron chi connectivity index (χ1n) is 9.02. The van der Waals surface area contributed by atoms with Gasteiger partial charge in [0.2, 0.25) is 5.91 Å². The Hall–Kier alpha value is -2.91. The van der Waals surface area contributed by atoms with E-state index in [1.165, 1.54) is 5.56 Å². The lowest BCUT2D eigenvalue weighted by atomic mass is 9.96. The van der Waals surface area contributed by atoms with Gasteiger partial charge in [-0.1, -0.05) is 6.07 Å². The Morgan fingerprint density at radius 3 is 2.81 bits per heavy atom. The molecular weight excluding hydrogens is 340 g/mol. The van der Waals surface area contributed by atoms with Gasteiger partial charge >= 0.3 is 0 Å². The molecule has 2 heterocycles. The number of hydrogen-bond donors (Lipinski definition) is 1. The van der Waals surface area contributed by atoms with Gasteiger partial charge in [0, 0.05) is 32.9 Å². The van der Waals surface area contributed by atoms with Crippen LogP contribution in [0.15, 0.2) is 30.5 Å². The van der Waals surface area contributed by atoms with E-state index in [0.717, 1.165) is 42.2 Å². The predicted molar refractivity (Wildman–Crippen MR) is 102 cm³/mol. The quantitative estimate of drug-likeness (QED) is 0.851. The summed E-state index contributed by atoms with van der Waals surface area (Å²) in [5, 5.41) is 11.7. The molecule has 1 aromatic carbocycles. The number of nitrogens with one attached hydrogen (secondary N) is 1. The summed E-state index contributed by atoms with van der Waals surface area (Å²) in [6, 6.07) is 9.73. The van der Waals surface area contributed by atoms with Crippen LogP contribution in [0.25, 0.3) is 0 Å². The molecule has 27 heavy (non-hydrogen) atoms. The predicted octanol–water partition coefficient (Wildman–Crippen LogP) is 2.33. The van der Waals surface area contributed by atoms with E-state index >= 15 is 0 Å². The molecule has 2 aromatic rings. The largest absolute Gasteiger partial charge is 0.487 e. The number of aromatic nitrogens is 1. The van der Waals surface area contributed by atoms with E-state index in [2.05, 4.69) is 40.3 Å². The van der Waals surface area contributed by atoms with Crippen molar-refractivity contribution in [1.82, 2.24) is 15.2 Å². The number of likely N-dealkylation sites (tertiary alicyclic amines) is 1. The van der Waals surface area contributed by atoms with Gasteiger partial charge in [0.15, 0.2) is 0 Å². The normalized spacial score (nSPS) is 14.3. The number of rotatable bonds is 6. The molecule has 1 amide bonds. The molecule has 1 fully saturated rings. The van der Waals surface area contributed by atoms with E-state index in [0.29, 0.717) is 12.2 Å². The molecule has 1 N–H and O–H groups in total. The number of carbonyl (C=O) groups is 1. The van der Waals surface area contributed by atoms with E-state index in [1.54, 1.807) is 25.4 Å². The minimum absolute atomic E-state index is 0.107. The molecule has 0 saturated carbocycles. The highest BCUT2D eigenvalue weighted by molar-refractivity contribution is 5.79. The van der Waals surface area contributed by atoms with Crippen molar-refractivity contribution < 1.29 is 9.53 Å². The van der Waals surface area contributed by atoms with Crippen molar-refractivity contribution in [1.29, 1.82) is 5.26 Å². The van der Waals surface area contributed by atoms with E-state index < -0.39 is 0 Å². The molecule has 1 aromatic heterocycles. The van der Waals surface area contributed by atoms with Crippen LogP contribution in [-0.2, 0) is 17.9 Å². The standard InChI is InChI=1S/C21H24N4O2/c1-14-7-20(27-13-19-8-16(9-22)4-5-24-19)15(2)6-17(14)10-25-11-18(12-25)21(26)23-3/h4-8,18H,10-13H2,1-3H3,(H,23,26). The summed E-state index contributed by atoms with van der Waals surface area (Å²) < 4.78 is 5.93. The first-order valence-corrected chi connectivity index (χ1v) is 9.02. The molecule has 0 spiro atoms. The van der Waals surface area contributed by atoms with Crippen molar-refractivity contribution >= 4 is 5.91 Å². The average Bonchev–Trinajstić information content (AvgIpc) is 2.65. The van der Waals surface area contributed by atoms with Crippen molar-refractivity contribution in [3.8, 4) is 11.8 Å². The van der Waals surface area contributed by atoms with Crippen LogP contribution < -0.4 is 10.1 Å². The fraction of sp³-hybridized carbons (Fsp3) is 0.381. The highest BCUT2D eigenvalue weighted by atomic mass is 16.5. The van der Waals surface area contributed by atoms with Crippen LogP contribution in [0.5, 0.6) is 5.75 Å². The summed E-state index contributed by atoms with van der Waals surface area (Å²) in [6.45, 7) is 6.88. The van der Waals surface area contributed by atoms with Crippen molar-refractivity contribution in [2.24, 2.45) is 5.92 Å². The lowest BCUT2D eigenvalue weighted by Crippen LogP contribution is -2.52. The van der Waals surface area contributed by atoms with Crippen LogP contribution >= 0.6 is 0 Å². The smallest absolute Gasteiger partial charge is 0.225 e. The number of aryl methyl sites for hydroxylation is 2. The number of pyridine rings is 1. The Labute approximate surface area is 159 Å². The fourth-order valence-electron chi connectivity index (χ4n) is 3.26. The molecule has 0 radical (unpaired) electrons. The van der Waals surface area contributed by atoms with E-state index in [4.69, 9.17) is 10.00 Å². The molecule has 140 valence electrons. The van der Waals surface area contributed by atoms with Crippen LogP contribution in [0, 0.1) is 31.1 Å². The van der Waals surface area contributed by atoms with E-state index in [9.17, 15) is 4.79 Å². The molecule has 1 aliphatic rings. The zero-order chi connectivity index (χ0) is 19.4. The lowest BCUT2D eigenvalue weighted by Gasteiger charge is -2.38. The first-order chi connectivity index (χ1) is 13.0. The van der Waals surface area contributed by atoms with Gasteiger partial charge in [0.1, 0.15) is 12.4 Å². The number of carbonyl (C=O) groups excluding carboxylic acids is 1. The molecule has 0 atom stereocenters. The van der Waals surface area contributed by atoms with Gasteiger partial charge in [-0.2, -0.15) is 5.26 Å². The second-order valence-corrected chi connectivity index (χ2v) is 6.99. The highest BCUT2D eigenvalue weighted by Crippen LogP contribution is 2.27. The maximum Gasteiger partial charge on any atom is 0.225 e. The topological polar surface area (TPSA) is 78.3 Å². The Bertz CT molecular complexity index is 882. The van der Waals surface area contributed by atoms with Gasteiger partial charge < -0.3 is 10.1 Å². The molecule has 1 saturated heterocycles. The number of amides is 1. The Morgan fingerprint density at radius 2 is 2.11 bits per heavy atom. The number of nitriles is 1. The van der Waals surface area contributed by atoms with Crippen molar-refractivity contribution in [3.05, 3.63) is 58.4 Å². The summed E-state index contributed by atoms with van der Waals surface area (Å²) in [5.74, 6) is 1.06. The van der Waals surface area contributed by atoms with E-state index in [-0.39, 0.29) is 11.8 Å². The summed E-state index contributed by atoms with van der Waals surface area (Å²) in [7, 11) is 1.68. The Kier molecular flexibility index (Phi) is 5.72. The molecule has 1 aliphatic heterocycles. The number of benzene rings is 1. The molecule has 6 nitrogen and oxygen atoms in total. The zero-order valence-electron chi connectivity index (χ0n) is 16.0. The number of ether oxygens (including phenoxy) is 1. The Morgan fingerprint density at radius 1 is 1.33 bits per heavy atom. The summed E-state index contributed by atoms with van der Waals surface area (Å²) >= 11 is 0. The average molecular weight is 364 g/mol. The second-order valence-electron chi connectivity index (χ2n) is 6.99. The van der Waals surface area contributed by atoms with Gasteiger partial charge in [-0.25, -0.2) is 0 Å². The SMILES string of the molecule is CNC(=O)C1CN(Cc2cc(C)c(OCc3cc(C#N)ccn3)cc2C)C1. The van der Waals surface area contributed by atoms with Crippen LogP contribution in [0.4, 0.5) is 0 Å². The maximum absolute atomic E-state index is 11.6. The van der Waals surface area contributed by atoms with Gasteiger partial charge in [-0.3, -0.25) is 14.7 Å². The van der Waals surface area contributed by atoms with Gasteiger partial charge in [-0.05, 0) is 48.7 Å². The molecule has 6 heteroatoms. The van der Waals surface area contributed by atoms with Gasteiger partial charge in [-0.15, -0.1) is 0 Å².